The van der Waals surface area contributed by atoms with Crippen molar-refractivity contribution in [3.8, 4) is 0 Å². The average molecular weight is 517 g/mol. The lowest BCUT2D eigenvalue weighted by Crippen LogP contribution is -2.40. The first-order chi connectivity index (χ1) is 17.1. The fraction of sp³-hybridized carbons (Fsp3) is 0.391. The maximum absolute atomic E-state index is 12.5. The highest BCUT2D eigenvalue weighted by molar-refractivity contribution is 7.99. The van der Waals surface area contributed by atoms with Crippen molar-refractivity contribution in [2.24, 2.45) is 0 Å². The van der Waals surface area contributed by atoms with Crippen LogP contribution in [0.2, 0.25) is 0 Å². The van der Waals surface area contributed by atoms with E-state index in [9.17, 15) is 19.2 Å². The van der Waals surface area contributed by atoms with Crippen LogP contribution in [0.4, 0.5) is 0 Å². The maximum atomic E-state index is 12.5. The van der Waals surface area contributed by atoms with Crippen LogP contribution < -0.4 is 5.69 Å². The molecule has 4 atom stereocenters. The number of H-pyrrole nitrogens is 1. The molecule has 0 saturated carbocycles. The number of fused-ring (bicyclic) bond motifs is 1. The predicted molar refractivity (Wildman–Crippen MR) is 125 cm³/mol. The van der Waals surface area contributed by atoms with E-state index in [0.29, 0.717) is 10.5 Å². The largest absolute Gasteiger partial charge is 0.463 e. The van der Waals surface area contributed by atoms with Gasteiger partial charge in [0.2, 0.25) is 0 Å². The zero-order valence-corrected chi connectivity index (χ0v) is 20.7. The van der Waals surface area contributed by atoms with Gasteiger partial charge in [0.15, 0.2) is 18.4 Å². The van der Waals surface area contributed by atoms with Gasteiger partial charge in [0.25, 0.3) is 0 Å². The van der Waals surface area contributed by atoms with E-state index in [1.54, 1.807) is 0 Å². The normalized spacial score (nSPS) is 21.3. The van der Waals surface area contributed by atoms with Gasteiger partial charge in [-0.3, -0.25) is 23.9 Å². The summed E-state index contributed by atoms with van der Waals surface area (Å²) in [5.41, 5.74) is 1.13. The summed E-state index contributed by atoms with van der Waals surface area (Å²) in [4.78, 5) is 59.5. The molecular formula is C23H24N4O8S. The van der Waals surface area contributed by atoms with Crippen LogP contribution in [0.5, 0.6) is 0 Å². The minimum Gasteiger partial charge on any atom is -0.463 e. The zero-order valence-electron chi connectivity index (χ0n) is 19.9. The molecule has 36 heavy (non-hydrogen) atoms. The van der Waals surface area contributed by atoms with Gasteiger partial charge >= 0.3 is 23.6 Å². The number of aromatic nitrogens is 4. The first-order valence-corrected chi connectivity index (χ1v) is 11.8. The van der Waals surface area contributed by atoms with Gasteiger partial charge in [-0.15, -0.1) is 0 Å². The Labute approximate surface area is 209 Å². The van der Waals surface area contributed by atoms with E-state index in [4.69, 9.17) is 18.9 Å². The molecule has 1 N–H and O–H groups in total. The summed E-state index contributed by atoms with van der Waals surface area (Å²) in [5, 5.41) is 0.367. The molecule has 1 aliphatic heterocycles. The minimum atomic E-state index is -1.12. The van der Waals surface area contributed by atoms with Crippen LogP contribution in [0.25, 0.3) is 11.2 Å². The Hall–Kier alpha value is -3.71. The number of nitrogens with one attached hydrogen (secondary N) is 1. The van der Waals surface area contributed by atoms with Gasteiger partial charge in [0.1, 0.15) is 28.9 Å². The first-order valence-electron chi connectivity index (χ1n) is 11.0. The molecule has 13 heteroatoms. The lowest BCUT2D eigenvalue weighted by atomic mass is 10.1. The Morgan fingerprint density at radius 2 is 1.72 bits per heavy atom. The highest BCUT2D eigenvalue weighted by Crippen LogP contribution is 2.37. The van der Waals surface area contributed by atoms with Crippen molar-refractivity contribution in [2.75, 3.05) is 6.61 Å². The third-order valence-electron chi connectivity index (χ3n) is 5.27. The number of aromatic amines is 1. The number of benzene rings is 1. The lowest BCUT2D eigenvalue weighted by Gasteiger charge is -2.23. The van der Waals surface area contributed by atoms with Gasteiger partial charge < -0.3 is 18.9 Å². The highest BCUT2D eigenvalue weighted by atomic mass is 32.2. The maximum Gasteiger partial charge on any atom is 0.347 e. The van der Waals surface area contributed by atoms with Crippen molar-refractivity contribution in [1.29, 1.82) is 0 Å². The number of ether oxygens (including phenoxy) is 4. The number of esters is 3. The molecule has 1 fully saturated rings. The van der Waals surface area contributed by atoms with Crippen LogP contribution in [0.1, 0.15) is 32.6 Å². The molecule has 0 radical (unpaired) electrons. The van der Waals surface area contributed by atoms with Crippen LogP contribution in [0.15, 0.2) is 45.3 Å². The fourth-order valence-electron chi connectivity index (χ4n) is 3.81. The van der Waals surface area contributed by atoms with E-state index in [0.717, 1.165) is 10.5 Å². The van der Waals surface area contributed by atoms with Crippen molar-refractivity contribution < 1.29 is 33.3 Å². The summed E-state index contributed by atoms with van der Waals surface area (Å²) in [7, 11) is 0. The predicted octanol–water partition coefficient (Wildman–Crippen LogP) is 1.90. The van der Waals surface area contributed by atoms with Crippen molar-refractivity contribution in [3.05, 3.63) is 46.6 Å². The van der Waals surface area contributed by atoms with Crippen LogP contribution in [0, 0.1) is 6.92 Å². The molecule has 2 aromatic heterocycles. The zero-order chi connectivity index (χ0) is 26.0. The molecule has 1 aliphatic rings. The molecule has 0 bridgehead atoms. The van der Waals surface area contributed by atoms with Gasteiger partial charge in [0, 0.05) is 25.7 Å². The van der Waals surface area contributed by atoms with E-state index >= 15 is 0 Å². The summed E-state index contributed by atoms with van der Waals surface area (Å²) in [6, 6.07) is 7.71. The molecule has 1 aromatic carbocycles. The molecule has 190 valence electrons. The Kier molecular flexibility index (Phi) is 7.40. The number of carbonyl (C=O) groups excluding carboxylic acids is 3. The topological polar surface area (TPSA) is 152 Å². The SMILES string of the molecule is CC(=O)OC[C@@H]1O[C@@H](n2cnc3c(Sc4ccc(C)cc4)nc(=O)[nH]c32)[C@H](OC(C)=O)[C@H]1OC(C)=O. The van der Waals surface area contributed by atoms with Crippen LogP contribution in [-0.4, -0.2) is 62.3 Å². The smallest absolute Gasteiger partial charge is 0.347 e. The Morgan fingerprint density at radius 3 is 2.36 bits per heavy atom. The number of hydrogen-bond acceptors (Lipinski definition) is 11. The van der Waals surface area contributed by atoms with E-state index < -0.39 is 48.1 Å². The Bertz CT molecular complexity index is 1350. The van der Waals surface area contributed by atoms with Crippen LogP contribution in [-0.2, 0) is 33.3 Å². The van der Waals surface area contributed by atoms with Crippen molar-refractivity contribution in [1.82, 2.24) is 19.5 Å². The lowest BCUT2D eigenvalue weighted by molar-refractivity contribution is -0.166. The van der Waals surface area contributed by atoms with Gasteiger partial charge in [-0.2, -0.15) is 4.98 Å². The molecule has 3 aromatic rings. The van der Waals surface area contributed by atoms with E-state index in [1.165, 1.54) is 43.4 Å². The van der Waals surface area contributed by atoms with Crippen molar-refractivity contribution >= 4 is 40.8 Å². The third-order valence-corrected chi connectivity index (χ3v) is 6.26. The molecule has 0 aliphatic carbocycles. The molecule has 1 saturated heterocycles. The summed E-state index contributed by atoms with van der Waals surface area (Å²) in [6.45, 7) is 5.35. The number of hydrogen-bond donors (Lipinski definition) is 1. The van der Waals surface area contributed by atoms with Gasteiger partial charge in [-0.25, -0.2) is 9.78 Å². The second-order valence-electron chi connectivity index (χ2n) is 8.13. The second kappa shape index (κ2) is 10.5. The number of aryl methyl sites for hydroxylation is 1. The summed E-state index contributed by atoms with van der Waals surface area (Å²) in [6.07, 6.45) is -2.79. The monoisotopic (exact) mass is 516 g/mol. The third kappa shape index (κ3) is 5.57. The van der Waals surface area contributed by atoms with Crippen LogP contribution >= 0.6 is 11.8 Å². The summed E-state index contributed by atoms with van der Waals surface area (Å²) < 4.78 is 23.4. The molecule has 12 nitrogen and oxygen atoms in total. The highest BCUT2D eigenvalue weighted by Gasteiger charge is 2.51. The van der Waals surface area contributed by atoms with Crippen LogP contribution in [0.3, 0.4) is 0 Å². The molecular weight excluding hydrogens is 492 g/mol. The molecule has 0 spiro atoms. The number of carbonyl (C=O) groups is 3. The van der Waals surface area contributed by atoms with Crippen molar-refractivity contribution in [3.63, 3.8) is 0 Å². The Balaban J connectivity index is 1.75. The Morgan fingerprint density at radius 1 is 1.06 bits per heavy atom. The van der Waals surface area contributed by atoms with Gasteiger partial charge in [-0.1, -0.05) is 29.5 Å². The molecule has 0 unspecified atom stereocenters. The van der Waals surface area contributed by atoms with Gasteiger partial charge in [0.05, 0.1) is 6.33 Å². The number of imidazole rings is 1. The van der Waals surface area contributed by atoms with E-state index in [1.807, 2.05) is 31.2 Å². The van der Waals surface area contributed by atoms with E-state index in [2.05, 4.69) is 15.0 Å². The number of rotatable bonds is 7. The first kappa shape index (κ1) is 25.4. The van der Waals surface area contributed by atoms with Crippen molar-refractivity contribution in [2.45, 2.75) is 62.2 Å². The van der Waals surface area contributed by atoms with Gasteiger partial charge in [-0.05, 0) is 19.1 Å². The second-order valence-corrected chi connectivity index (χ2v) is 9.19. The minimum absolute atomic E-state index is 0.249. The summed E-state index contributed by atoms with van der Waals surface area (Å²) >= 11 is 1.27. The molecule has 4 rings (SSSR count). The fourth-order valence-corrected chi connectivity index (χ4v) is 4.68. The molecule has 3 heterocycles. The number of nitrogens with zero attached hydrogens (tertiary/aromatic N) is 3. The standard InChI is InChI=1S/C23H24N4O8S/c1-11-5-7-15(8-6-11)36-21-17-20(25-23(31)26-21)27(10-24-17)22-19(34-14(4)30)18(33-13(3)29)16(35-22)9-32-12(2)28/h5-8,10,16,18-19,22H,9H2,1-4H3,(H,25,26,31)/t16-,18-,19+,22+/m0/s1. The summed E-state index contributed by atoms with van der Waals surface area (Å²) in [5.74, 6) is -1.85. The molecule has 0 amide bonds. The van der Waals surface area contributed by atoms with E-state index in [-0.39, 0.29) is 12.3 Å². The quantitative estimate of drug-likeness (QED) is 0.278. The average Bonchev–Trinajstić information content (AvgIpc) is 3.35.